The summed E-state index contributed by atoms with van der Waals surface area (Å²) in [5, 5.41) is 4.94. The fraction of sp³-hybridized carbons (Fsp3) is 0.379. The summed E-state index contributed by atoms with van der Waals surface area (Å²) in [7, 11) is 3.49. The number of aryl methyl sites for hydroxylation is 1. The van der Waals surface area contributed by atoms with Crippen LogP contribution in [0.15, 0.2) is 43.0 Å². The van der Waals surface area contributed by atoms with Crippen molar-refractivity contribution < 1.29 is 14.3 Å². The van der Waals surface area contributed by atoms with Crippen molar-refractivity contribution in [3.05, 3.63) is 65.4 Å². The van der Waals surface area contributed by atoms with Gasteiger partial charge in [0.25, 0.3) is 5.91 Å². The highest BCUT2D eigenvalue weighted by atomic mass is 16.5. The molecule has 1 aliphatic carbocycles. The van der Waals surface area contributed by atoms with Crippen molar-refractivity contribution in [2.45, 2.75) is 59.1 Å². The van der Waals surface area contributed by atoms with Gasteiger partial charge in [-0.05, 0) is 76.8 Å². The Morgan fingerprint density at radius 1 is 1.17 bits per heavy atom. The standard InChI is InChI=1S/C29H35N3O3/c1-9-19-12-10-11-13-23(19)32-27-21(26(30-32)28(33)31(7)29(4,5)6)15-14-20-16-24(34-8)25(17-22(20)27)35-18(2)3/h9-13,16-18H,1,14-15H2,2-8H3. The van der Waals surface area contributed by atoms with Crippen molar-refractivity contribution >= 4 is 12.0 Å². The van der Waals surface area contributed by atoms with Crippen molar-refractivity contribution in [2.75, 3.05) is 14.2 Å². The van der Waals surface area contributed by atoms with Gasteiger partial charge < -0.3 is 14.4 Å². The minimum absolute atomic E-state index is 0.00557. The average molecular weight is 474 g/mol. The lowest BCUT2D eigenvalue weighted by atomic mass is 9.87. The summed E-state index contributed by atoms with van der Waals surface area (Å²) >= 11 is 0. The van der Waals surface area contributed by atoms with E-state index in [-0.39, 0.29) is 17.6 Å². The van der Waals surface area contributed by atoms with Crippen molar-refractivity contribution in [1.82, 2.24) is 14.7 Å². The first kappa shape index (κ1) is 24.6. The zero-order chi connectivity index (χ0) is 25.5. The third-order valence-electron chi connectivity index (χ3n) is 6.53. The quantitative estimate of drug-likeness (QED) is 0.444. The first-order valence-corrected chi connectivity index (χ1v) is 12.1. The van der Waals surface area contributed by atoms with Crippen LogP contribution in [0.5, 0.6) is 11.5 Å². The fourth-order valence-electron chi connectivity index (χ4n) is 4.42. The van der Waals surface area contributed by atoms with Gasteiger partial charge in [0.05, 0.1) is 24.6 Å². The maximum atomic E-state index is 13.7. The number of amides is 1. The number of nitrogens with zero attached hydrogens (tertiary/aromatic N) is 3. The van der Waals surface area contributed by atoms with E-state index in [4.69, 9.17) is 14.6 Å². The second kappa shape index (κ2) is 9.25. The summed E-state index contributed by atoms with van der Waals surface area (Å²) in [4.78, 5) is 15.4. The molecule has 4 rings (SSSR count). The molecule has 0 atom stereocenters. The highest BCUT2D eigenvalue weighted by molar-refractivity contribution is 5.97. The van der Waals surface area contributed by atoms with Crippen molar-refractivity contribution in [2.24, 2.45) is 0 Å². The van der Waals surface area contributed by atoms with Gasteiger partial charge in [0.1, 0.15) is 0 Å². The highest BCUT2D eigenvalue weighted by Gasteiger charge is 2.34. The Labute approximate surface area is 208 Å². The average Bonchev–Trinajstić information content (AvgIpc) is 3.21. The number of para-hydroxylation sites is 1. The normalized spacial score (nSPS) is 12.7. The maximum Gasteiger partial charge on any atom is 0.274 e. The van der Waals surface area contributed by atoms with Crippen LogP contribution in [0.4, 0.5) is 0 Å². The van der Waals surface area contributed by atoms with E-state index in [0.29, 0.717) is 23.6 Å². The molecule has 1 aliphatic rings. The predicted octanol–water partition coefficient (Wildman–Crippen LogP) is 5.95. The Bertz CT molecular complexity index is 1280. The van der Waals surface area contributed by atoms with Crippen LogP contribution in [0.1, 0.15) is 61.8 Å². The van der Waals surface area contributed by atoms with E-state index in [0.717, 1.165) is 40.1 Å². The van der Waals surface area contributed by atoms with Gasteiger partial charge in [-0.3, -0.25) is 4.79 Å². The lowest BCUT2D eigenvalue weighted by Gasteiger charge is -2.31. The molecule has 0 spiro atoms. The maximum absolute atomic E-state index is 13.7. The molecule has 0 saturated carbocycles. The van der Waals surface area contributed by atoms with Gasteiger partial charge in [0.2, 0.25) is 0 Å². The monoisotopic (exact) mass is 473 g/mol. The SMILES string of the molecule is C=Cc1ccccc1-n1nc(C(=O)N(C)C(C)(C)C)c2c1-c1cc(OC(C)C)c(OC)cc1CC2. The van der Waals surface area contributed by atoms with Gasteiger partial charge in [-0.15, -0.1) is 0 Å². The van der Waals surface area contributed by atoms with Gasteiger partial charge in [-0.1, -0.05) is 30.9 Å². The molecule has 6 heteroatoms. The first-order valence-electron chi connectivity index (χ1n) is 12.1. The molecule has 1 heterocycles. The van der Waals surface area contributed by atoms with Crippen LogP contribution in [-0.4, -0.2) is 46.4 Å². The van der Waals surface area contributed by atoms with Crippen LogP contribution >= 0.6 is 0 Å². The second-order valence-electron chi connectivity index (χ2n) is 10.2. The van der Waals surface area contributed by atoms with E-state index in [2.05, 4.69) is 12.6 Å². The van der Waals surface area contributed by atoms with Gasteiger partial charge >= 0.3 is 0 Å². The van der Waals surface area contributed by atoms with E-state index < -0.39 is 0 Å². The minimum atomic E-state index is -0.328. The third kappa shape index (κ3) is 4.45. The van der Waals surface area contributed by atoms with Gasteiger partial charge in [-0.25, -0.2) is 4.68 Å². The van der Waals surface area contributed by atoms with Crippen LogP contribution in [-0.2, 0) is 12.8 Å². The molecule has 0 fully saturated rings. The number of rotatable bonds is 6. The third-order valence-corrected chi connectivity index (χ3v) is 6.53. The molecule has 35 heavy (non-hydrogen) atoms. The molecular formula is C29H35N3O3. The molecule has 2 aromatic carbocycles. The van der Waals surface area contributed by atoms with Gasteiger partial charge in [0.15, 0.2) is 17.2 Å². The van der Waals surface area contributed by atoms with E-state index in [1.54, 1.807) is 12.0 Å². The lowest BCUT2D eigenvalue weighted by Crippen LogP contribution is -2.43. The molecule has 1 aromatic heterocycles. The number of carbonyl (C=O) groups excluding carboxylic acids is 1. The Morgan fingerprint density at radius 2 is 1.89 bits per heavy atom. The Hall–Kier alpha value is -3.54. The topological polar surface area (TPSA) is 56.6 Å². The van der Waals surface area contributed by atoms with Crippen LogP contribution < -0.4 is 9.47 Å². The molecule has 3 aromatic rings. The number of hydrogen-bond acceptors (Lipinski definition) is 4. The Kier molecular flexibility index (Phi) is 6.50. The number of aromatic nitrogens is 2. The first-order chi connectivity index (χ1) is 16.6. The molecule has 6 nitrogen and oxygen atoms in total. The summed E-state index contributed by atoms with van der Waals surface area (Å²) in [5.74, 6) is 1.31. The number of hydrogen-bond donors (Lipinski definition) is 0. The van der Waals surface area contributed by atoms with Crippen LogP contribution in [0.25, 0.3) is 23.0 Å². The van der Waals surface area contributed by atoms with E-state index in [1.807, 2.05) is 82.8 Å². The predicted molar refractivity (Wildman–Crippen MR) is 141 cm³/mol. The molecule has 184 valence electrons. The minimum Gasteiger partial charge on any atom is -0.493 e. The summed E-state index contributed by atoms with van der Waals surface area (Å²) in [5.41, 5.74) is 6.01. The molecule has 0 bridgehead atoms. The number of methoxy groups -OCH3 is 1. The number of ether oxygens (including phenoxy) is 2. The van der Waals surface area contributed by atoms with Crippen LogP contribution in [0, 0.1) is 0 Å². The number of benzene rings is 2. The lowest BCUT2D eigenvalue weighted by molar-refractivity contribution is 0.0648. The molecule has 0 N–H and O–H groups in total. The largest absolute Gasteiger partial charge is 0.493 e. The zero-order valence-electron chi connectivity index (χ0n) is 21.8. The summed E-state index contributed by atoms with van der Waals surface area (Å²) in [6, 6.07) is 12.0. The highest BCUT2D eigenvalue weighted by Crippen LogP contribution is 2.43. The molecule has 0 unspecified atom stereocenters. The molecule has 1 amide bonds. The smallest absolute Gasteiger partial charge is 0.274 e. The van der Waals surface area contributed by atoms with E-state index in [1.165, 1.54) is 0 Å². The van der Waals surface area contributed by atoms with Crippen LogP contribution in [0.3, 0.4) is 0 Å². The fourth-order valence-corrected chi connectivity index (χ4v) is 4.42. The van der Waals surface area contributed by atoms with Crippen molar-refractivity contribution in [3.63, 3.8) is 0 Å². The molecule has 0 aliphatic heterocycles. The molecular weight excluding hydrogens is 438 g/mol. The van der Waals surface area contributed by atoms with E-state index in [9.17, 15) is 4.79 Å². The molecule has 0 radical (unpaired) electrons. The zero-order valence-corrected chi connectivity index (χ0v) is 21.8. The van der Waals surface area contributed by atoms with E-state index >= 15 is 0 Å². The number of carbonyl (C=O) groups is 1. The van der Waals surface area contributed by atoms with Gasteiger partial charge in [-0.2, -0.15) is 5.10 Å². The Balaban J connectivity index is 2.01. The van der Waals surface area contributed by atoms with Crippen molar-refractivity contribution in [1.29, 1.82) is 0 Å². The summed E-state index contributed by atoms with van der Waals surface area (Å²) in [6.45, 7) is 14.1. The summed E-state index contributed by atoms with van der Waals surface area (Å²) in [6.07, 6.45) is 3.31. The molecule has 0 saturated heterocycles. The Morgan fingerprint density at radius 3 is 2.51 bits per heavy atom. The second-order valence-corrected chi connectivity index (χ2v) is 10.2. The van der Waals surface area contributed by atoms with Crippen molar-refractivity contribution in [3.8, 4) is 28.4 Å². The summed E-state index contributed by atoms with van der Waals surface area (Å²) < 4.78 is 13.6. The van der Waals surface area contributed by atoms with Gasteiger partial charge in [0, 0.05) is 23.7 Å². The number of fused-ring (bicyclic) bond motifs is 3. The van der Waals surface area contributed by atoms with Crippen LogP contribution in [0.2, 0.25) is 0 Å².